The summed E-state index contributed by atoms with van der Waals surface area (Å²) in [7, 11) is 1.59. The van der Waals surface area contributed by atoms with Crippen molar-refractivity contribution in [1.29, 1.82) is 0 Å². The number of piperazine rings is 1. The summed E-state index contributed by atoms with van der Waals surface area (Å²) in [5.41, 5.74) is 3.33. The Morgan fingerprint density at radius 2 is 2.00 bits per heavy atom. The molecule has 0 radical (unpaired) electrons. The van der Waals surface area contributed by atoms with Crippen LogP contribution in [0.1, 0.15) is 36.5 Å². The zero-order chi connectivity index (χ0) is 22.3. The summed E-state index contributed by atoms with van der Waals surface area (Å²) in [6.45, 7) is 8.58. The average molecular weight is 435 g/mol. The predicted molar refractivity (Wildman–Crippen MR) is 122 cm³/mol. The van der Waals surface area contributed by atoms with E-state index in [0.717, 1.165) is 37.1 Å². The molecule has 5 rings (SSSR count). The topological polar surface area (TPSA) is 67.8 Å². The van der Waals surface area contributed by atoms with Crippen LogP contribution < -0.4 is 14.4 Å². The molecule has 2 unspecified atom stereocenters. The van der Waals surface area contributed by atoms with Crippen LogP contribution in [0.4, 0.5) is 5.82 Å². The van der Waals surface area contributed by atoms with Crippen molar-refractivity contribution in [3.8, 4) is 11.9 Å². The highest BCUT2D eigenvalue weighted by Gasteiger charge is 2.47. The molecule has 2 atom stereocenters. The summed E-state index contributed by atoms with van der Waals surface area (Å²) in [5, 5.41) is 0. The molecular weight excluding hydrogens is 404 g/mol. The molecule has 2 aliphatic heterocycles. The lowest BCUT2D eigenvalue weighted by Crippen LogP contribution is -2.49. The molecule has 32 heavy (non-hydrogen) atoms. The van der Waals surface area contributed by atoms with Gasteiger partial charge in [0.1, 0.15) is 11.4 Å². The first-order valence-corrected chi connectivity index (χ1v) is 11.4. The summed E-state index contributed by atoms with van der Waals surface area (Å²) in [6, 6.07) is 8.97. The standard InChI is InChI=1S/C25H30N4O3/c1-4-21(30)28-13-15-29(16-14-28)22-19-11-12-25(32-23(19)27-24(26-22)31-3)17(2)9-10-18-7-5-6-8-20(18)25/h4-8,17H,1,9-16H2,2-3H3. The highest BCUT2D eigenvalue weighted by molar-refractivity contribution is 5.87. The third kappa shape index (κ3) is 3.31. The maximum Gasteiger partial charge on any atom is 0.321 e. The average Bonchev–Trinajstić information content (AvgIpc) is 2.85. The minimum absolute atomic E-state index is 0.0258. The van der Waals surface area contributed by atoms with E-state index in [1.807, 2.05) is 4.90 Å². The maximum absolute atomic E-state index is 12.0. The first kappa shape index (κ1) is 20.8. The Kier molecular flexibility index (Phi) is 5.27. The van der Waals surface area contributed by atoms with Crippen molar-refractivity contribution < 1.29 is 14.3 Å². The van der Waals surface area contributed by atoms with E-state index in [1.54, 1.807) is 7.11 Å². The molecule has 3 heterocycles. The predicted octanol–water partition coefficient (Wildman–Crippen LogP) is 3.12. The fraction of sp³-hybridized carbons (Fsp3) is 0.480. The lowest BCUT2D eigenvalue weighted by atomic mass is 9.69. The number of ether oxygens (including phenoxy) is 2. The Morgan fingerprint density at radius 3 is 2.75 bits per heavy atom. The molecule has 1 saturated heterocycles. The fourth-order valence-corrected chi connectivity index (χ4v) is 5.45. The first-order valence-electron chi connectivity index (χ1n) is 11.4. The molecule has 7 heteroatoms. The number of fused-ring (bicyclic) bond motifs is 3. The molecule has 2 aromatic rings. The lowest BCUT2D eigenvalue weighted by molar-refractivity contribution is -0.126. The first-order chi connectivity index (χ1) is 15.6. The van der Waals surface area contributed by atoms with Gasteiger partial charge >= 0.3 is 6.01 Å². The van der Waals surface area contributed by atoms with Crippen LogP contribution in [0.2, 0.25) is 0 Å². The molecular formula is C25H30N4O3. The highest BCUT2D eigenvalue weighted by atomic mass is 16.5. The van der Waals surface area contributed by atoms with E-state index in [2.05, 4.69) is 47.7 Å². The number of amides is 1. The lowest BCUT2D eigenvalue weighted by Gasteiger charge is -2.47. The van der Waals surface area contributed by atoms with E-state index in [-0.39, 0.29) is 11.5 Å². The van der Waals surface area contributed by atoms with Gasteiger partial charge in [0.2, 0.25) is 11.8 Å². The van der Waals surface area contributed by atoms with Crippen molar-refractivity contribution in [2.75, 3.05) is 38.2 Å². The number of benzene rings is 1. The van der Waals surface area contributed by atoms with Crippen molar-refractivity contribution in [3.63, 3.8) is 0 Å². The summed E-state index contributed by atoms with van der Waals surface area (Å²) in [4.78, 5) is 25.4. The van der Waals surface area contributed by atoms with Gasteiger partial charge < -0.3 is 19.3 Å². The second-order valence-electron chi connectivity index (χ2n) is 8.92. The van der Waals surface area contributed by atoms with Gasteiger partial charge in [-0.2, -0.15) is 9.97 Å². The molecule has 1 aliphatic carbocycles. The number of aromatic nitrogens is 2. The third-order valence-corrected chi connectivity index (χ3v) is 7.32. The smallest absolute Gasteiger partial charge is 0.321 e. The number of carbonyl (C=O) groups is 1. The number of carbonyl (C=O) groups excluding carboxylic acids is 1. The van der Waals surface area contributed by atoms with Gasteiger partial charge in [0.25, 0.3) is 0 Å². The monoisotopic (exact) mass is 434 g/mol. The molecule has 1 fully saturated rings. The van der Waals surface area contributed by atoms with Gasteiger partial charge in [-0.3, -0.25) is 4.79 Å². The zero-order valence-electron chi connectivity index (χ0n) is 18.8. The molecule has 168 valence electrons. The SMILES string of the molecule is C=CC(=O)N1CCN(c2nc(OC)nc3c2CCC2(O3)c3ccccc3CCC2C)CC1. The van der Waals surface area contributed by atoms with Gasteiger partial charge in [-0.1, -0.05) is 37.8 Å². The van der Waals surface area contributed by atoms with Crippen LogP contribution >= 0.6 is 0 Å². The number of anilines is 1. The van der Waals surface area contributed by atoms with E-state index in [0.29, 0.717) is 44.0 Å². The Morgan fingerprint density at radius 1 is 1.22 bits per heavy atom. The molecule has 0 saturated carbocycles. The van der Waals surface area contributed by atoms with Gasteiger partial charge in [0.15, 0.2) is 0 Å². The van der Waals surface area contributed by atoms with Gasteiger partial charge in [-0.15, -0.1) is 0 Å². The summed E-state index contributed by atoms with van der Waals surface area (Å²) in [5.74, 6) is 1.86. The molecule has 0 bridgehead atoms. The Labute approximate surface area is 189 Å². The molecule has 1 spiro atoms. The number of nitrogens with zero attached hydrogens (tertiary/aromatic N) is 4. The van der Waals surface area contributed by atoms with Crippen LogP contribution in [0.5, 0.6) is 11.9 Å². The molecule has 1 aromatic heterocycles. The van der Waals surface area contributed by atoms with Crippen LogP contribution in [0.25, 0.3) is 0 Å². The van der Waals surface area contributed by atoms with Gasteiger partial charge in [-0.25, -0.2) is 0 Å². The van der Waals surface area contributed by atoms with E-state index < -0.39 is 0 Å². The Balaban J connectivity index is 1.49. The quantitative estimate of drug-likeness (QED) is 0.692. The van der Waals surface area contributed by atoms with Crippen molar-refractivity contribution in [2.24, 2.45) is 5.92 Å². The van der Waals surface area contributed by atoms with Crippen LogP contribution in [0, 0.1) is 5.92 Å². The zero-order valence-corrected chi connectivity index (χ0v) is 18.8. The van der Waals surface area contributed by atoms with Crippen molar-refractivity contribution >= 4 is 11.7 Å². The number of methoxy groups -OCH3 is 1. The number of aryl methyl sites for hydroxylation is 1. The third-order valence-electron chi connectivity index (χ3n) is 7.32. The van der Waals surface area contributed by atoms with Crippen molar-refractivity contribution in [3.05, 3.63) is 53.6 Å². The minimum Gasteiger partial charge on any atom is -0.467 e. The van der Waals surface area contributed by atoms with Crippen LogP contribution in [-0.2, 0) is 23.2 Å². The normalized spacial score (nSPS) is 24.4. The van der Waals surface area contributed by atoms with Crippen molar-refractivity contribution in [2.45, 2.75) is 38.2 Å². The molecule has 1 aromatic carbocycles. The number of hydrogen-bond donors (Lipinski definition) is 0. The fourth-order valence-electron chi connectivity index (χ4n) is 5.45. The minimum atomic E-state index is -0.368. The number of rotatable bonds is 3. The summed E-state index contributed by atoms with van der Waals surface area (Å²) >= 11 is 0. The van der Waals surface area contributed by atoms with E-state index >= 15 is 0 Å². The number of hydrogen-bond acceptors (Lipinski definition) is 6. The second kappa shape index (κ2) is 8.11. The molecule has 0 N–H and O–H groups in total. The molecule has 1 amide bonds. The van der Waals surface area contributed by atoms with Gasteiger partial charge in [-0.05, 0) is 42.9 Å². The van der Waals surface area contributed by atoms with Gasteiger partial charge in [0.05, 0.1) is 12.7 Å². The van der Waals surface area contributed by atoms with Crippen LogP contribution in [-0.4, -0.2) is 54.1 Å². The van der Waals surface area contributed by atoms with E-state index in [9.17, 15) is 4.79 Å². The van der Waals surface area contributed by atoms with Crippen LogP contribution in [0.15, 0.2) is 36.9 Å². The van der Waals surface area contributed by atoms with E-state index in [4.69, 9.17) is 14.5 Å². The Bertz CT molecular complexity index is 1050. The van der Waals surface area contributed by atoms with Gasteiger partial charge in [0, 0.05) is 32.1 Å². The maximum atomic E-state index is 12.0. The van der Waals surface area contributed by atoms with Crippen LogP contribution in [0.3, 0.4) is 0 Å². The van der Waals surface area contributed by atoms with Crippen molar-refractivity contribution in [1.82, 2.24) is 14.9 Å². The summed E-state index contributed by atoms with van der Waals surface area (Å²) < 4.78 is 12.3. The molecule has 7 nitrogen and oxygen atoms in total. The second-order valence-corrected chi connectivity index (χ2v) is 8.92. The van der Waals surface area contributed by atoms with E-state index in [1.165, 1.54) is 17.2 Å². The summed E-state index contributed by atoms with van der Waals surface area (Å²) in [6.07, 6.45) is 5.30. The highest BCUT2D eigenvalue weighted by Crippen LogP contribution is 2.50. The largest absolute Gasteiger partial charge is 0.467 e. The molecule has 3 aliphatic rings. The Hall–Kier alpha value is -3.09.